The molecule has 0 bridgehead atoms. The van der Waals surface area contributed by atoms with Gasteiger partial charge in [0.1, 0.15) is 0 Å². The number of anilines is 1. The molecular weight excluding hydrogens is 385 g/mol. The highest BCUT2D eigenvalue weighted by atomic mass is 35.5. The summed E-state index contributed by atoms with van der Waals surface area (Å²) in [4.78, 5) is 0. The molecule has 0 atom stereocenters. The van der Waals surface area contributed by atoms with E-state index in [0.717, 1.165) is 12.1 Å². The number of nitrogens with one attached hydrogen (secondary N) is 2. The Kier molecular flexibility index (Phi) is 6.88. The molecule has 4 nitrogen and oxygen atoms in total. The first kappa shape index (κ1) is 20.5. The zero-order valence-electron chi connectivity index (χ0n) is 14.5. The van der Waals surface area contributed by atoms with Gasteiger partial charge in [-0.2, -0.15) is 18.3 Å². The lowest BCUT2D eigenvalue weighted by Crippen LogP contribution is -2.29. The van der Waals surface area contributed by atoms with Crippen LogP contribution in [0.4, 0.5) is 18.9 Å². The van der Waals surface area contributed by atoms with Crippen molar-refractivity contribution in [2.45, 2.75) is 39.4 Å². The summed E-state index contributed by atoms with van der Waals surface area (Å²) in [5.74, 6) is 0. The first-order valence-corrected chi connectivity index (χ1v) is 8.95. The molecule has 0 saturated heterocycles. The molecule has 0 radical (unpaired) electrons. The van der Waals surface area contributed by atoms with E-state index >= 15 is 0 Å². The molecule has 26 heavy (non-hydrogen) atoms. The second-order valence-corrected chi connectivity index (χ2v) is 6.54. The highest BCUT2D eigenvalue weighted by Crippen LogP contribution is 2.35. The van der Waals surface area contributed by atoms with Crippen molar-refractivity contribution in [3.63, 3.8) is 0 Å². The zero-order valence-corrected chi connectivity index (χ0v) is 16.0. The third-order valence-corrected chi connectivity index (χ3v) is 4.55. The first-order valence-electron chi connectivity index (χ1n) is 8.16. The number of hydrogen-bond acceptors (Lipinski definition) is 2. The third kappa shape index (κ3) is 5.35. The number of halogens is 4. The van der Waals surface area contributed by atoms with Gasteiger partial charge in [-0.1, -0.05) is 30.7 Å². The van der Waals surface area contributed by atoms with Crippen LogP contribution in [0.3, 0.4) is 0 Å². The van der Waals surface area contributed by atoms with Gasteiger partial charge in [-0.15, -0.1) is 0 Å². The summed E-state index contributed by atoms with van der Waals surface area (Å²) in [6, 6.07) is 7.93. The molecule has 1 heterocycles. The normalized spacial score (nSPS) is 11.5. The van der Waals surface area contributed by atoms with E-state index in [0.29, 0.717) is 30.3 Å². The van der Waals surface area contributed by atoms with E-state index < -0.39 is 11.9 Å². The van der Waals surface area contributed by atoms with E-state index in [1.165, 1.54) is 17.2 Å². The van der Waals surface area contributed by atoms with Gasteiger partial charge in [0.2, 0.25) is 0 Å². The molecule has 0 aliphatic heterocycles. The van der Waals surface area contributed by atoms with Crippen LogP contribution < -0.4 is 10.6 Å². The number of nitrogens with zero attached hydrogens (tertiary/aromatic N) is 2. The predicted octanol–water partition coefficient (Wildman–Crippen LogP) is 4.80. The van der Waals surface area contributed by atoms with Crippen molar-refractivity contribution < 1.29 is 13.2 Å². The van der Waals surface area contributed by atoms with Gasteiger partial charge in [0.15, 0.2) is 10.8 Å². The topological polar surface area (TPSA) is 41.9 Å². The SMILES string of the molecule is CCc1ccc(NC(=S)NCCCn2nc(C(F)(F)F)c(Cl)c2C)cc1. The number of aromatic nitrogens is 2. The van der Waals surface area contributed by atoms with Crippen LogP contribution in [0.2, 0.25) is 5.02 Å². The number of thiocarbonyl (C=S) groups is 1. The maximum Gasteiger partial charge on any atom is 0.436 e. The largest absolute Gasteiger partial charge is 0.436 e. The maximum atomic E-state index is 12.8. The Labute approximate surface area is 160 Å². The Morgan fingerprint density at radius 2 is 1.92 bits per heavy atom. The lowest BCUT2D eigenvalue weighted by atomic mass is 10.1. The Bertz CT molecular complexity index is 757. The molecule has 2 rings (SSSR count). The van der Waals surface area contributed by atoms with Crippen LogP contribution in [-0.2, 0) is 19.1 Å². The van der Waals surface area contributed by atoms with Gasteiger partial charge in [0.25, 0.3) is 0 Å². The fourth-order valence-electron chi connectivity index (χ4n) is 2.35. The summed E-state index contributed by atoms with van der Waals surface area (Å²) in [5.41, 5.74) is 1.37. The molecule has 2 aromatic rings. The molecule has 0 spiro atoms. The van der Waals surface area contributed by atoms with Crippen LogP contribution in [0.15, 0.2) is 24.3 Å². The van der Waals surface area contributed by atoms with Crippen molar-refractivity contribution in [3.05, 3.63) is 46.2 Å². The monoisotopic (exact) mass is 404 g/mol. The predicted molar refractivity (Wildman–Crippen MR) is 102 cm³/mol. The van der Waals surface area contributed by atoms with E-state index in [9.17, 15) is 13.2 Å². The molecule has 1 aromatic heterocycles. The number of hydrogen-bond donors (Lipinski definition) is 2. The smallest absolute Gasteiger partial charge is 0.362 e. The quantitative estimate of drug-likeness (QED) is 0.536. The highest BCUT2D eigenvalue weighted by Gasteiger charge is 2.38. The van der Waals surface area contributed by atoms with Crippen LogP contribution in [0.5, 0.6) is 0 Å². The van der Waals surface area contributed by atoms with Crippen LogP contribution in [0.1, 0.15) is 30.3 Å². The van der Waals surface area contributed by atoms with E-state index in [-0.39, 0.29) is 5.02 Å². The average Bonchev–Trinajstić information content (AvgIpc) is 2.88. The molecule has 0 aliphatic carbocycles. The van der Waals surface area contributed by atoms with Crippen LogP contribution >= 0.6 is 23.8 Å². The van der Waals surface area contributed by atoms with Gasteiger partial charge >= 0.3 is 6.18 Å². The molecule has 0 fully saturated rings. The van der Waals surface area contributed by atoms with Gasteiger partial charge in [-0.25, -0.2) is 0 Å². The van der Waals surface area contributed by atoms with Crippen LogP contribution in [0, 0.1) is 6.92 Å². The lowest BCUT2D eigenvalue weighted by Gasteiger charge is -2.11. The molecule has 0 amide bonds. The van der Waals surface area contributed by atoms with Crippen molar-refractivity contribution in [1.82, 2.24) is 15.1 Å². The minimum atomic E-state index is -4.55. The van der Waals surface area contributed by atoms with E-state index in [2.05, 4.69) is 22.7 Å². The summed E-state index contributed by atoms with van der Waals surface area (Å²) in [6.07, 6.45) is -3.03. The van der Waals surface area contributed by atoms with Crippen LogP contribution in [0.25, 0.3) is 0 Å². The second-order valence-electron chi connectivity index (χ2n) is 5.75. The van der Waals surface area contributed by atoms with E-state index in [1.54, 1.807) is 0 Å². The van der Waals surface area contributed by atoms with Gasteiger partial charge in [0, 0.05) is 18.8 Å². The summed E-state index contributed by atoms with van der Waals surface area (Å²) >= 11 is 10.9. The average molecular weight is 405 g/mol. The van der Waals surface area contributed by atoms with Gasteiger partial charge < -0.3 is 10.6 Å². The van der Waals surface area contributed by atoms with Crippen molar-refractivity contribution >= 4 is 34.6 Å². The first-order chi connectivity index (χ1) is 12.2. The minimum Gasteiger partial charge on any atom is -0.362 e. The third-order valence-electron chi connectivity index (χ3n) is 3.85. The van der Waals surface area contributed by atoms with Crippen molar-refractivity contribution in [2.24, 2.45) is 0 Å². The van der Waals surface area contributed by atoms with Gasteiger partial charge in [-0.05, 0) is 49.7 Å². The molecular formula is C17H20ClF3N4S. The van der Waals surface area contributed by atoms with Gasteiger partial charge in [-0.3, -0.25) is 4.68 Å². The van der Waals surface area contributed by atoms with E-state index in [4.69, 9.17) is 23.8 Å². The Hall–Kier alpha value is -1.80. The van der Waals surface area contributed by atoms with Crippen LogP contribution in [-0.4, -0.2) is 21.4 Å². The number of rotatable bonds is 6. The molecule has 0 unspecified atom stereocenters. The Balaban J connectivity index is 1.80. The molecule has 2 N–H and O–H groups in total. The Morgan fingerprint density at radius 1 is 1.27 bits per heavy atom. The number of benzene rings is 1. The lowest BCUT2D eigenvalue weighted by molar-refractivity contribution is -0.141. The summed E-state index contributed by atoms with van der Waals surface area (Å²) in [5, 5.41) is 9.76. The molecule has 0 saturated carbocycles. The summed E-state index contributed by atoms with van der Waals surface area (Å²) in [6.45, 7) is 4.41. The Morgan fingerprint density at radius 3 is 2.46 bits per heavy atom. The van der Waals surface area contributed by atoms with Crippen molar-refractivity contribution in [3.8, 4) is 0 Å². The van der Waals surface area contributed by atoms with Crippen molar-refractivity contribution in [1.29, 1.82) is 0 Å². The number of alkyl halides is 3. The van der Waals surface area contributed by atoms with Gasteiger partial charge in [0.05, 0.1) is 10.7 Å². The highest BCUT2D eigenvalue weighted by molar-refractivity contribution is 7.80. The summed E-state index contributed by atoms with van der Waals surface area (Å²) < 4.78 is 39.6. The fraction of sp³-hybridized carbons (Fsp3) is 0.412. The standard InChI is InChI=1S/C17H20ClF3N4S/c1-3-12-5-7-13(8-6-12)23-16(26)22-9-4-10-25-11(2)14(18)15(24-25)17(19,20)21/h5-8H,3-4,9-10H2,1-2H3,(H2,22,23,26). The second kappa shape index (κ2) is 8.73. The molecule has 142 valence electrons. The van der Waals surface area contributed by atoms with Crippen molar-refractivity contribution in [2.75, 3.05) is 11.9 Å². The summed E-state index contributed by atoms with van der Waals surface area (Å²) in [7, 11) is 0. The minimum absolute atomic E-state index is 0.302. The van der Waals surface area contributed by atoms with E-state index in [1.807, 2.05) is 24.3 Å². The molecule has 1 aromatic carbocycles. The number of aryl methyl sites for hydroxylation is 2. The fourth-order valence-corrected chi connectivity index (χ4v) is 2.82. The molecule has 0 aliphatic rings. The zero-order chi connectivity index (χ0) is 19.3. The maximum absolute atomic E-state index is 12.8. The molecule has 9 heteroatoms.